The smallest absolute Gasteiger partial charge is 0.236 e. The largest absolute Gasteiger partial charge is 0.342 e. The van der Waals surface area contributed by atoms with Crippen molar-refractivity contribution in [2.75, 3.05) is 59.4 Å². The predicted octanol–water partition coefficient (Wildman–Crippen LogP) is 0.842. The minimum atomic E-state index is 0. The molecule has 0 spiro atoms. The molecule has 1 N–H and O–H groups in total. The first-order valence-electron chi connectivity index (χ1n) is 8.04. The molecule has 1 saturated heterocycles. The molecule has 1 aliphatic rings. The number of carbonyl (C=O) groups is 2. The molecule has 138 valence electrons. The topological polar surface area (TPSA) is 55.9 Å². The number of rotatable bonds is 8. The van der Waals surface area contributed by atoms with E-state index in [1.165, 1.54) is 0 Å². The zero-order chi connectivity index (χ0) is 15.7. The molecular formula is C15H32Cl2N4O2. The lowest BCUT2D eigenvalue weighted by Gasteiger charge is -2.35. The number of hydrogen-bond acceptors (Lipinski definition) is 4. The van der Waals surface area contributed by atoms with Gasteiger partial charge < -0.3 is 15.1 Å². The van der Waals surface area contributed by atoms with Gasteiger partial charge in [-0.2, -0.15) is 0 Å². The van der Waals surface area contributed by atoms with Crippen LogP contribution in [0.2, 0.25) is 0 Å². The second-order valence-corrected chi connectivity index (χ2v) is 5.43. The second-order valence-electron chi connectivity index (χ2n) is 5.43. The minimum Gasteiger partial charge on any atom is -0.342 e. The van der Waals surface area contributed by atoms with Crippen LogP contribution in [0, 0.1) is 0 Å². The Morgan fingerprint density at radius 3 is 2.09 bits per heavy atom. The summed E-state index contributed by atoms with van der Waals surface area (Å²) in [5.74, 6) is 0.425. The fourth-order valence-electron chi connectivity index (χ4n) is 2.60. The van der Waals surface area contributed by atoms with Crippen molar-refractivity contribution in [1.29, 1.82) is 0 Å². The number of nitrogens with one attached hydrogen (secondary N) is 1. The number of likely N-dealkylation sites (N-methyl/N-ethyl adjacent to an activating group) is 1. The van der Waals surface area contributed by atoms with Gasteiger partial charge in [-0.15, -0.1) is 24.8 Å². The molecule has 0 atom stereocenters. The Labute approximate surface area is 152 Å². The standard InChI is InChI=1S/C15H30N4O2.2ClH/c1-4-18(5-2)15(21)13-17-9-11-19(12-10-17)14(20)7-6-8-16-3;;/h16H,4-13H2,1-3H3;2*1H. The van der Waals surface area contributed by atoms with E-state index in [-0.39, 0.29) is 36.6 Å². The lowest BCUT2D eigenvalue weighted by Crippen LogP contribution is -2.51. The van der Waals surface area contributed by atoms with Crippen LogP contribution in [0.15, 0.2) is 0 Å². The van der Waals surface area contributed by atoms with Gasteiger partial charge in [-0.3, -0.25) is 14.5 Å². The van der Waals surface area contributed by atoms with E-state index in [2.05, 4.69) is 10.2 Å². The number of halogens is 2. The number of nitrogens with zero attached hydrogens (tertiary/aromatic N) is 3. The van der Waals surface area contributed by atoms with Crippen LogP contribution in [0.5, 0.6) is 0 Å². The maximum absolute atomic E-state index is 12.1. The first-order valence-corrected chi connectivity index (χ1v) is 8.04. The van der Waals surface area contributed by atoms with E-state index in [4.69, 9.17) is 0 Å². The predicted molar refractivity (Wildman–Crippen MR) is 98.6 cm³/mol. The molecule has 0 aromatic rings. The Balaban J connectivity index is 0. The molecule has 6 nitrogen and oxygen atoms in total. The summed E-state index contributed by atoms with van der Waals surface area (Å²) in [5.41, 5.74) is 0. The lowest BCUT2D eigenvalue weighted by atomic mass is 10.2. The summed E-state index contributed by atoms with van der Waals surface area (Å²) in [5, 5.41) is 3.06. The number of piperazine rings is 1. The lowest BCUT2D eigenvalue weighted by molar-refractivity contribution is -0.135. The Hall–Kier alpha value is -0.560. The molecule has 8 heteroatoms. The number of amides is 2. The molecule has 0 radical (unpaired) electrons. The highest BCUT2D eigenvalue weighted by molar-refractivity contribution is 5.85. The van der Waals surface area contributed by atoms with Crippen LogP contribution in [0.25, 0.3) is 0 Å². The monoisotopic (exact) mass is 370 g/mol. The van der Waals surface area contributed by atoms with Crippen LogP contribution < -0.4 is 5.32 Å². The summed E-state index contributed by atoms with van der Waals surface area (Å²) in [6.07, 6.45) is 1.50. The van der Waals surface area contributed by atoms with Gasteiger partial charge in [0.25, 0.3) is 0 Å². The van der Waals surface area contributed by atoms with Crippen molar-refractivity contribution in [3.8, 4) is 0 Å². The van der Waals surface area contributed by atoms with Crippen LogP contribution in [0.4, 0.5) is 0 Å². The zero-order valence-corrected chi connectivity index (χ0v) is 16.2. The molecule has 0 aromatic heterocycles. The highest BCUT2D eigenvalue weighted by Gasteiger charge is 2.23. The van der Waals surface area contributed by atoms with Crippen molar-refractivity contribution in [3.63, 3.8) is 0 Å². The molecule has 0 saturated carbocycles. The van der Waals surface area contributed by atoms with Crippen molar-refractivity contribution in [2.45, 2.75) is 26.7 Å². The van der Waals surface area contributed by atoms with Gasteiger partial charge >= 0.3 is 0 Å². The van der Waals surface area contributed by atoms with E-state index in [1.807, 2.05) is 30.7 Å². The normalized spacial score (nSPS) is 14.7. The van der Waals surface area contributed by atoms with Gasteiger partial charge in [0, 0.05) is 45.7 Å². The summed E-state index contributed by atoms with van der Waals surface area (Å²) < 4.78 is 0. The van der Waals surface area contributed by atoms with Gasteiger partial charge in [-0.25, -0.2) is 0 Å². The molecule has 0 aliphatic carbocycles. The molecule has 1 rings (SSSR count). The Morgan fingerprint density at radius 2 is 1.61 bits per heavy atom. The van der Waals surface area contributed by atoms with E-state index in [1.54, 1.807) is 0 Å². The minimum absolute atomic E-state index is 0. The summed E-state index contributed by atoms with van der Waals surface area (Å²) in [6, 6.07) is 0. The third kappa shape index (κ3) is 8.74. The molecule has 2 amide bonds. The first-order chi connectivity index (χ1) is 10.1. The van der Waals surface area contributed by atoms with Gasteiger partial charge in [0.2, 0.25) is 11.8 Å². The molecule has 1 fully saturated rings. The molecular weight excluding hydrogens is 339 g/mol. The maximum atomic E-state index is 12.1. The van der Waals surface area contributed by atoms with Crippen LogP contribution >= 0.6 is 24.8 Å². The molecule has 23 heavy (non-hydrogen) atoms. The third-order valence-corrected chi connectivity index (χ3v) is 4.02. The Kier molecular flexibility index (Phi) is 14.9. The van der Waals surface area contributed by atoms with Crippen LogP contribution in [-0.2, 0) is 9.59 Å². The SMILES string of the molecule is CCN(CC)C(=O)CN1CCN(C(=O)CCCNC)CC1.Cl.Cl. The third-order valence-electron chi connectivity index (χ3n) is 4.02. The van der Waals surface area contributed by atoms with Crippen LogP contribution in [-0.4, -0.2) is 85.9 Å². The fraction of sp³-hybridized carbons (Fsp3) is 0.867. The highest BCUT2D eigenvalue weighted by Crippen LogP contribution is 2.05. The van der Waals surface area contributed by atoms with Crippen molar-refractivity contribution in [2.24, 2.45) is 0 Å². The molecule has 1 aliphatic heterocycles. The van der Waals surface area contributed by atoms with E-state index >= 15 is 0 Å². The number of carbonyl (C=O) groups excluding carboxylic acids is 2. The van der Waals surface area contributed by atoms with Crippen molar-refractivity contribution in [1.82, 2.24) is 20.0 Å². The summed E-state index contributed by atoms with van der Waals surface area (Å²) in [6.45, 7) is 9.96. The Bertz CT molecular complexity index is 333. The van der Waals surface area contributed by atoms with Crippen LogP contribution in [0.3, 0.4) is 0 Å². The van der Waals surface area contributed by atoms with Gasteiger partial charge in [0.1, 0.15) is 0 Å². The summed E-state index contributed by atoms with van der Waals surface area (Å²) in [4.78, 5) is 30.0. The van der Waals surface area contributed by atoms with Gasteiger partial charge in [0.05, 0.1) is 6.54 Å². The fourth-order valence-corrected chi connectivity index (χ4v) is 2.60. The van der Waals surface area contributed by atoms with Gasteiger partial charge in [-0.1, -0.05) is 0 Å². The average Bonchev–Trinajstić information content (AvgIpc) is 2.49. The quantitative estimate of drug-likeness (QED) is 0.643. The maximum Gasteiger partial charge on any atom is 0.236 e. The van der Waals surface area contributed by atoms with E-state index < -0.39 is 0 Å². The molecule has 0 aromatic carbocycles. The van der Waals surface area contributed by atoms with E-state index in [0.29, 0.717) is 13.0 Å². The zero-order valence-electron chi connectivity index (χ0n) is 14.5. The second kappa shape index (κ2) is 13.8. The van der Waals surface area contributed by atoms with Crippen LogP contribution in [0.1, 0.15) is 26.7 Å². The molecule has 1 heterocycles. The highest BCUT2D eigenvalue weighted by atomic mass is 35.5. The summed E-state index contributed by atoms with van der Waals surface area (Å²) in [7, 11) is 1.90. The Morgan fingerprint density at radius 1 is 1.04 bits per heavy atom. The van der Waals surface area contributed by atoms with Gasteiger partial charge in [-0.05, 0) is 33.9 Å². The first kappa shape index (κ1) is 24.7. The van der Waals surface area contributed by atoms with Gasteiger partial charge in [0.15, 0.2) is 0 Å². The van der Waals surface area contributed by atoms with Crippen molar-refractivity contribution >= 4 is 36.6 Å². The van der Waals surface area contributed by atoms with Crippen molar-refractivity contribution < 1.29 is 9.59 Å². The average molecular weight is 371 g/mol. The van der Waals surface area contributed by atoms with E-state index in [0.717, 1.165) is 52.2 Å². The molecule has 0 bridgehead atoms. The summed E-state index contributed by atoms with van der Waals surface area (Å²) >= 11 is 0. The molecule has 0 unspecified atom stereocenters. The number of hydrogen-bond donors (Lipinski definition) is 1. The van der Waals surface area contributed by atoms with Crippen molar-refractivity contribution in [3.05, 3.63) is 0 Å². The van der Waals surface area contributed by atoms with E-state index in [9.17, 15) is 9.59 Å².